The zero-order valence-corrected chi connectivity index (χ0v) is 12.2. The molecule has 106 valence electrons. The van der Waals surface area contributed by atoms with Crippen molar-refractivity contribution in [3.8, 4) is 0 Å². The average molecular weight is 256 g/mol. The van der Waals surface area contributed by atoms with Gasteiger partial charge in [0, 0.05) is 19.1 Å². The quantitative estimate of drug-likeness (QED) is 0.703. The van der Waals surface area contributed by atoms with Crippen LogP contribution < -0.4 is 5.32 Å². The summed E-state index contributed by atoms with van der Waals surface area (Å²) in [5, 5.41) is 3.27. The molecule has 3 atom stereocenters. The van der Waals surface area contributed by atoms with Crippen LogP contribution in [-0.4, -0.2) is 49.7 Å². The van der Waals surface area contributed by atoms with Crippen LogP contribution >= 0.6 is 0 Å². The lowest BCUT2D eigenvalue weighted by Crippen LogP contribution is -2.41. The van der Waals surface area contributed by atoms with Gasteiger partial charge in [0.25, 0.3) is 0 Å². The summed E-state index contributed by atoms with van der Waals surface area (Å²) in [6.07, 6.45) is 3.14. The minimum absolute atomic E-state index is 0.136. The number of carbonyl (C=O) groups excluding carboxylic acids is 1. The van der Waals surface area contributed by atoms with Gasteiger partial charge in [-0.15, -0.1) is 0 Å². The van der Waals surface area contributed by atoms with E-state index < -0.39 is 0 Å². The molecule has 18 heavy (non-hydrogen) atoms. The molecule has 4 nitrogen and oxygen atoms in total. The molecular weight excluding hydrogens is 228 g/mol. The van der Waals surface area contributed by atoms with Gasteiger partial charge < -0.3 is 15.0 Å². The second-order valence-corrected chi connectivity index (χ2v) is 5.50. The van der Waals surface area contributed by atoms with Gasteiger partial charge in [-0.2, -0.15) is 0 Å². The molecule has 4 heteroatoms. The van der Waals surface area contributed by atoms with Crippen molar-refractivity contribution in [2.75, 3.05) is 26.7 Å². The summed E-state index contributed by atoms with van der Waals surface area (Å²) in [5.74, 6) is 0.642. The lowest BCUT2D eigenvalue weighted by Gasteiger charge is -2.24. The normalized spacial score (nSPS) is 26.2. The summed E-state index contributed by atoms with van der Waals surface area (Å²) in [6, 6.07) is 0.488. The van der Waals surface area contributed by atoms with Crippen LogP contribution in [0.4, 0.5) is 0 Å². The van der Waals surface area contributed by atoms with Crippen LogP contribution in [-0.2, 0) is 9.53 Å². The van der Waals surface area contributed by atoms with Crippen LogP contribution in [0.5, 0.6) is 0 Å². The first-order valence-corrected chi connectivity index (χ1v) is 7.13. The summed E-state index contributed by atoms with van der Waals surface area (Å²) < 4.78 is 4.85. The molecule has 0 aromatic rings. The third-order valence-electron chi connectivity index (χ3n) is 3.74. The molecule has 1 aliphatic rings. The van der Waals surface area contributed by atoms with E-state index in [2.05, 4.69) is 31.0 Å². The Kier molecular flexibility index (Phi) is 6.65. The van der Waals surface area contributed by atoms with E-state index in [1.807, 2.05) is 0 Å². The monoisotopic (exact) mass is 256 g/mol. The molecule has 1 N–H and O–H groups in total. The molecule has 0 bridgehead atoms. The molecule has 0 aliphatic carbocycles. The SMILES string of the molecule is CCCNC(CCN1CC(C)CC1C)C(=O)OC. The average Bonchev–Trinajstić information content (AvgIpc) is 2.67. The maximum atomic E-state index is 11.7. The zero-order valence-electron chi connectivity index (χ0n) is 12.2. The summed E-state index contributed by atoms with van der Waals surface area (Å²) in [5.41, 5.74) is 0. The smallest absolute Gasteiger partial charge is 0.322 e. The molecule has 3 unspecified atom stereocenters. The van der Waals surface area contributed by atoms with E-state index in [1.54, 1.807) is 0 Å². The van der Waals surface area contributed by atoms with E-state index in [-0.39, 0.29) is 12.0 Å². The Balaban J connectivity index is 2.38. The zero-order chi connectivity index (χ0) is 13.5. The predicted octanol–water partition coefficient (Wildman–Crippen LogP) is 1.65. The fourth-order valence-electron chi connectivity index (χ4n) is 2.76. The summed E-state index contributed by atoms with van der Waals surface area (Å²) >= 11 is 0. The van der Waals surface area contributed by atoms with Crippen molar-refractivity contribution in [3.05, 3.63) is 0 Å². The first-order chi connectivity index (χ1) is 8.58. The van der Waals surface area contributed by atoms with Gasteiger partial charge in [0.05, 0.1) is 7.11 Å². The number of nitrogens with zero attached hydrogens (tertiary/aromatic N) is 1. The highest BCUT2D eigenvalue weighted by Crippen LogP contribution is 2.22. The molecule has 1 aliphatic heterocycles. The fraction of sp³-hybridized carbons (Fsp3) is 0.929. The third-order valence-corrected chi connectivity index (χ3v) is 3.74. The molecule has 0 spiro atoms. The lowest BCUT2D eigenvalue weighted by molar-refractivity contribution is -0.143. The summed E-state index contributed by atoms with van der Waals surface area (Å²) in [7, 11) is 1.46. The Morgan fingerprint density at radius 1 is 1.50 bits per heavy atom. The molecule has 0 aromatic heterocycles. The van der Waals surface area contributed by atoms with Crippen LogP contribution in [0, 0.1) is 5.92 Å². The minimum Gasteiger partial charge on any atom is -0.468 e. The number of esters is 1. The maximum absolute atomic E-state index is 11.7. The predicted molar refractivity (Wildman–Crippen MR) is 73.5 cm³/mol. The van der Waals surface area contributed by atoms with Gasteiger partial charge in [-0.25, -0.2) is 0 Å². The maximum Gasteiger partial charge on any atom is 0.322 e. The number of likely N-dealkylation sites (tertiary alicyclic amines) is 1. The van der Waals surface area contributed by atoms with Crippen LogP contribution in [0.25, 0.3) is 0 Å². The van der Waals surface area contributed by atoms with E-state index in [4.69, 9.17) is 4.74 Å². The number of rotatable bonds is 7. The van der Waals surface area contributed by atoms with Crippen LogP contribution in [0.15, 0.2) is 0 Å². The van der Waals surface area contributed by atoms with Gasteiger partial charge in [0.15, 0.2) is 0 Å². The highest BCUT2D eigenvalue weighted by molar-refractivity contribution is 5.75. The van der Waals surface area contributed by atoms with Crippen molar-refractivity contribution >= 4 is 5.97 Å². The molecule has 1 fully saturated rings. The Morgan fingerprint density at radius 3 is 2.72 bits per heavy atom. The number of methoxy groups -OCH3 is 1. The minimum atomic E-state index is -0.155. The molecule has 0 aromatic carbocycles. The molecule has 1 rings (SSSR count). The lowest BCUT2D eigenvalue weighted by atomic mass is 10.1. The van der Waals surface area contributed by atoms with Gasteiger partial charge in [-0.1, -0.05) is 13.8 Å². The number of hydrogen-bond donors (Lipinski definition) is 1. The van der Waals surface area contributed by atoms with Crippen molar-refractivity contribution in [1.82, 2.24) is 10.2 Å². The van der Waals surface area contributed by atoms with Crippen molar-refractivity contribution < 1.29 is 9.53 Å². The summed E-state index contributed by atoms with van der Waals surface area (Å²) in [6.45, 7) is 9.67. The molecule has 1 heterocycles. The van der Waals surface area contributed by atoms with Crippen molar-refractivity contribution in [2.24, 2.45) is 5.92 Å². The molecule has 1 saturated heterocycles. The van der Waals surface area contributed by atoms with E-state index in [0.29, 0.717) is 6.04 Å². The van der Waals surface area contributed by atoms with E-state index in [0.717, 1.165) is 38.4 Å². The first kappa shape index (κ1) is 15.4. The third kappa shape index (κ3) is 4.58. The largest absolute Gasteiger partial charge is 0.468 e. The van der Waals surface area contributed by atoms with Gasteiger partial charge in [-0.3, -0.25) is 4.79 Å². The second-order valence-electron chi connectivity index (χ2n) is 5.50. The first-order valence-electron chi connectivity index (χ1n) is 7.13. The number of carbonyl (C=O) groups is 1. The van der Waals surface area contributed by atoms with Crippen molar-refractivity contribution in [1.29, 1.82) is 0 Å². The molecule has 0 saturated carbocycles. The van der Waals surface area contributed by atoms with E-state index >= 15 is 0 Å². The van der Waals surface area contributed by atoms with Gasteiger partial charge in [-0.05, 0) is 38.6 Å². The topological polar surface area (TPSA) is 41.6 Å². The van der Waals surface area contributed by atoms with Crippen LogP contribution in [0.3, 0.4) is 0 Å². The van der Waals surface area contributed by atoms with Gasteiger partial charge >= 0.3 is 5.97 Å². The van der Waals surface area contributed by atoms with Crippen molar-refractivity contribution in [2.45, 2.75) is 52.1 Å². The van der Waals surface area contributed by atoms with Crippen LogP contribution in [0.1, 0.15) is 40.0 Å². The Labute approximate surface area is 111 Å². The Hall–Kier alpha value is -0.610. The summed E-state index contributed by atoms with van der Waals surface area (Å²) in [4.78, 5) is 14.1. The molecule has 0 radical (unpaired) electrons. The van der Waals surface area contributed by atoms with E-state index in [9.17, 15) is 4.79 Å². The highest BCUT2D eigenvalue weighted by Gasteiger charge is 2.27. The Bertz CT molecular complexity index is 258. The van der Waals surface area contributed by atoms with Crippen LogP contribution in [0.2, 0.25) is 0 Å². The second kappa shape index (κ2) is 7.74. The number of hydrogen-bond acceptors (Lipinski definition) is 4. The fourth-order valence-corrected chi connectivity index (χ4v) is 2.76. The van der Waals surface area contributed by atoms with Crippen molar-refractivity contribution in [3.63, 3.8) is 0 Å². The molecule has 0 amide bonds. The van der Waals surface area contributed by atoms with Gasteiger partial charge in [0.1, 0.15) is 6.04 Å². The molecular formula is C14H28N2O2. The van der Waals surface area contributed by atoms with Gasteiger partial charge in [0.2, 0.25) is 0 Å². The Morgan fingerprint density at radius 2 is 2.22 bits per heavy atom. The highest BCUT2D eigenvalue weighted by atomic mass is 16.5. The van der Waals surface area contributed by atoms with E-state index in [1.165, 1.54) is 13.5 Å². The standard InChI is InChI=1S/C14H28N2O2/c1-5-7-15-13(14(17)18-4)6-8-16-10-11(2)9-12(16)3/h11-13,15H,5-10H2,1-4H3. The number of nitrogens with one attached hydrogen (secondary N) is 1. The number of ether oxygens (including phenoxy) is 1.